The monoisotopic (exact) mass is 448 g/mol. The van der Waals surface area contributed by atoms with Gasteiger partial charge in [0.1, 0.15) is 0 Å². The molecule has 0 fully saturated rings. The van der Waals surface area contributed by atoms with Crippen LogP contribution in [-0.2, 0) is 6.54 Å². The third kappa shape index (κ3) is 3.74. The standard InChI is InChI=1S/C17H17BrN6O4/c1-9-13(18)10(2)23(22-9)8-11-5-4-6-12(7-11)19-16(25)14-15(24(26)27)17(28-3)21-20-14/h4-7H,8H2,1-3H3,(H,19,25)(H,20,21). The minimum Gasteiger partial charge on any atom is -0.475 e. The molecule has 0 aliphatic carbocycles. The van der Waals surface area contributed by atoms with Gasteiger partial charge in [0, 0.05) is 5.69 Å². The van der Waals surface area contributed by atoms with E-state index in [0.717, 1.165) is 21.4 Å². The molecule has 0 aliphatic rings. The van der Waals surface area contributed by atoms with E-state index in [9.17, 15) is 14.9 Å². The van der Waals surface area contributed by atoms with Crippen LogP contribution in [0.25, 0.3) is 0 Å². The van der Waals surface area contributed by atoms with Crippen LogP contribution in [0.5, 0.6) is 5.88 Å². The summed E-state index contributed by atoms with van der Waals surface area (Å²) in [6.07, 6.45) is 0. The fourth-order valence-electron chi connectivity index (χ4n) is 2.73. The molecule has 2 aromatic heterocycles. The number of ether oxygens (including phenoxy) is 1. The van der Waals surface area contributed by atoms with Crippen molar-refractivity contribution in [1.29, 1.82) is 0 Å². The maximum Gasteiger partial charge on any atom is 0.362 e. The molecular weight excluding hydrogens is 432 g/mol. The maximum absolute atomic E-state index is 12.5. The second-order valence-electron chi connectivity index (χ2n) is 6.01. The highest BCUT2D eigenvalue weighted by Gasteiger charge is 2.30. The fourth-order valence-corrected chi connectivity index (χ4v) is 3.02. The Balaban J connectivity index is 1.81. The van der Waals surface area contributed by atoms with Crippen LogP contribution in [0, 0.1) is 24.0 Å². The molecule has 0 atom stereocenters. The summed E-state index contributed by atoms with van der Waals surface area (Å²) in [6, 6.07) is 7.16. The Morgan fingerprint density at radius 2 is 2.18 bits per heavy atom. The van der Waals surface area contributed by atoms with E-state index in [1.54, 1.807) is 18.2 Å². The summed E-state index contributed by atoms with van der Waals surface area (Å²) in [5.41, 5.74) is 2.49. The molecule has 3 aromatic rings. The number of carbonyl (C=O) groups excluding carboxylic acids is 1. The summed E-state index contributed by atoms with van der Waals surface area (Å²) >= 11 is 3.50. The van der Waals surface area contributed by atoms with Gasteiger partial charge < -0.3 is 10.1 Å². The number of anilines is 1. The van der Waals surface area contributed by atoms with Crippen molar-refractivity contribution in [2.45, 2.75) is 20.4 Å². The summed E-state index contributed by atoms with van der Waals surface area (Å²) in [4.78, 5) is 23.0. The Labute approximate surface area is 168 Å². The van der Waals surface area contributed by atoms with E-state index in [-0.39, 0.29) is 11.6 Å². The largest absolute Gasteiger partial charge is 0.475 e. The fraction of sp³-hybridized carbons (Fsp3) is 0.235. The number of amides is 1. The highest BCUT2D eigenvalue weighted by Crippen LogP contribution is 2.28. The Kier molecular flexibility index (Phi) is 5.45. The molecule has 2 N–H and O–H groups in total. The van der Waals surface area contributed by atoms with Gasteiger partial charge in [0.25, 0.3) is 5.91 Å². The van der Waals surface area contributed by atoms with Crippen molar-refractivity contribution < 1.29 is 14.5 Å². The zero-order valence-corrected chi connectivity index (χ0v) is 16.9. The summed E-state index contributed by atoms with van der Waals surface area (Å²) in [5, 5.41) is 24.3. The maximum atomic E-state index is 12.5. The first-order valence-corrected chi connectivity index (χ1v) is 8.97. The van der Waals surface area contributed by atoms with E-state index in [1.165, 1.54) is 7.11 Å². The lowest BCUT2D eigenvalue weighted by Crippen LogP contribution is -2.14. The Hall–Kier alpha value is -3.21. The van der Waals surface area contributed by atoms with E-state index in [4.69, 9.17) is 4.74 Å². The first kappa shape index (κ1) is 19.5. The van der Waals surface area contributed by atoms with Crippen LogP contribution in [0.15, 0.2) is 28.7 Å². The number of methoxy groups -OCH3 is 1. The lowest BCUT2D eigenvalue weighted by atomic mass is 10.2. The van der Waals surface area contributed by atoms with Gasteiger partial charge >= 0.3 is 11.6 Å². The van der Waals surface area contributed by atoms with Crippen molar-refractivity contribution in [3.05, 3.63) is 61.5 Å². The second kappa shape index (κ2) is 7.80. The zero-order chi connectivity index (χ0) is 20.4. The molecule has 10 nitrogen and oxygen atoms in total. The van der Waals surface area contributed by atoms with E-state index in [2.05, 4.69) is 36.5 Å². The molecule has 0 spiro atoms. The topological polar surface area (TPSA) is 128 Å². The number of nitro groups is 1. The molecule has 0 saturated heterocycles. The van der Waals surface area contributed by atoms with Gasteiger partial charge in [-0.2, -0.15) is 5.10 Å². The molecule has 0 bridgehead atoms. The van der Waals surface area contributed by atoms with E-state index in [0.29, 0.717) is 12.2 Å². The number of hydrogen-bond donors (Lipinski definition) is 2. The van der Waals surface area contributed by atoms with Crippen molar-refractivity contribution in [3.63, 3.8) is 0 Å². The third-order valence-corrected chi connectivity index (χ3v) is 5.27. The van der Waals surface area contributed by atoms with E-state index >= 15 is 0 Å². The number of aromatic amines is 1. The number of nitrogens with one attached hydrogen (secondary N) is 2. The number of carbonyl (C=O) groups is 1. The van der Waals surface area contributed by atoms with Crippen LogP contribution in [-0.4, -0.2) is 37.9 Å². The summed E-state index contributed by atoms with van der Waals surface area (Å²) in [5.74, 6) is -0.937. The summed E-state index contributed by atoms with van der Waals surface area (Å²) in [6.45, 7) is 4.39. The molecule has 28 heavy (non-hydrogen) atoms. The normalized spacial score (nSPS) is 10.7. The number of hydrogen-bond acceptors (Lipinski definition) is 6. The molecular formula is C17H17BrN6O4. The lowest BCUT2D eigenvalue weighted by molar-refractivity contribution is -0.386. The van der Waals surface area contributed by atoms with Gasteiger partial charge in [-0.15, -0.1) is 5.10 Å². The molecule has 1 amide bonds. The highest BCUT2D eigenvalue weighted by molar-refractivity contribution is 9.10. The van der Waals surface area contributed by atoms with Gasteiger partial charge in [-0.25, -0.2) is 0 Å². The summed E-state index contributed by atoms with van der Waals surface area (Å²) in [7, 11) is 1.24. The van der Waals surface area contributed by atoms with E-state index in [1.807, 2.05) is 24.6 Å². The average molecular weight is 449 g/mol. The van der Waals surface area contributed by atoms with Crippen molar-refractivity contribution in [2.24, 2.45) is 0 Å². The van der Waals surface area contributed by atoms with Crippen molar-refractivity contribution in [3.8, 4) is 5.88 Å². The number of halogens is 1. The Morgan fingerprint density at radius 1 is 1.43 bits per heavy atom. The van der Waals surface area contributed by atoms with Crippen LogP contribution in [0.1, 0.15) is 27.4 Å². The lowest BCUT2D eigenvalue weighted by Gasteiger charge is -2.08. The van der Waals surface area contributed by atoms with Gasteiger partial charge in [-0.3, -0.25) is 24.7 Å². The number of benzene rings is 1. The molecule has 11 heteroatoms. The van der Waals surface area contributed by atoms with Gasteiger partial charge in [0.05, 0.1) is 34.4 Å². The van der Waals surface area contributed by atoms with Gasteiger partial charge in [-0.05, 0) is 47.5 Å². The van der Waals surface area contributed by atoms with Crippen molar-refractivity contribution >= 4 is 33.2 Å². The smallest absolute Gasteiger partial charge is 0.362 e. The molecule has 0 radical (unpaired) electrons. The molecule has 3 rings (SSSR count). The van der Waals surface area contributed by atoms with Gasteiger partial charge in [-0.1, -0.05) is 12.1 Å². The Bertz CT molecular complexity index is 1060. The molecule has 0 saturated carbocycles. The number of aryl methyl sites for hydroxylation is 1. The SMILES string of the molecule is COc1n[nH]c(C(=O)Nc2cccc(Cn3nc(C)c(Br)c3C)c2)c1[N+](=O)[O-]. The molecule has 0 aliphatic heterocycles. The predicted octanol–water partition coefficient (Wildman–Crippen LogP) is 3.20. The quantitative estimate of drug-likeness (QED) is 0.440. The minimum absolute atomic E-state index is 0.251. The van der Waals surface area contributed by atoms with Gasteiger partial charge in [0.15, 0.2) is 0 Å². The summed E-state index contributed by atoms with van der Waals surface area (Å²) < 4.78 is 7.63. The third-order valence-electron chi connectivity index (χ3n) is 4.12. The first-order valence-electron chi connectivity index (χ1n) is 8.18. The molecule has 1 aromatic carbocycles. The first-order chi connectivity index (χ1) is 13.3. The number of nitrogens with zero attached hydrogens (tertiary/aromatic N) is 4. The second-order valence-corrected chi connectivity index (χ2v) is 6.80. The van der Waals surface area contributed by atoms with Crippen LogP contribution < -0.4 is 10.1 Å². The van der Waals surface area contributed by atoms with Gasteiger partial charge in [0.2, 0.25) is 5.69 Å². The highest BCUT2D eigenvalue weighted by atomic mass is 79.9. The van der Waals surface area contributed by atoms with Crippen LogP contribution in [0.3, 0.4) is 0 Å². The number of rotatable bonds is 6. The van der Waals surface area contributed by atoms with Crippen LogP contribution in [0.2, 0.25) is 0 Å². The van der Waals surface area contributed by atoms with Crippen molar-refractivity contribution in [2.75, 3.05) is 12.4 Å². The van der Waals surface area contributed by atoms with Crippen molar-refractivity contribution in [1.82, 2.24) is 20.0 Å². The molecule has 146 valence electrons. The van der Waals surface area contributed by atoms with E-state index < -0.39 is 16.5 Å². The zero-order valence-electron chi connectivity index (χ0n) is 15.3. The van der Waals surface area contributed by atoms with Crippen LogP contribution in [0.4, 0.5) is 11.4 Å². The molecule has 2 heterocycles. The minimum atomic E-state index is -0.714. The Morgan fingerprint density at radius 3 is 2.79 bits per heavy atom. The molecule has 0 unspecified atom stereocenters. The predicted molar refractivity (Wildman–Crippen MR) is 105 cm³/mol. The number of aromatic nitrogens is 4. The van der Waals surface area contributed by atoms with Crippen LogP contribution >= 0.6 is 15.9 Å². The number of H-pyrrole nitrogens is 1. The average Bonchev–Trinajstić information content (AvgIpc) is 3.19.